The zero-order valence-electron chi connectivity index (χ0n) is 7.84. The van der Waals surface area contributed by atoms with Gasteiger partial charge in [-0.3, -0.25) is 9.59 Å². The van der Waals surface area contributed by atoms with Crippen LogP contribution in [0.4, 0.5) is 0 Å². The van der Waals surface area contributed by atoms with Gasteiger partial charge in [-0.1, -0.05) is 0 Å². The maximum atomic E-state index is 10.3. The Labute approximate surface area is 125 Å². The molecule has 0 atom stereocenters. The van der Waals surface area contributed by atoms with E-state index in [1.807, 2.05) is 0 Å². The summed E-state index contributed by atoms with van der Waals surface area (Å²) >= 11 is 0. The van der Waals surface area contributed by atoms with Gasteiger partial charge in [-0.15, -0.1) is 0 Å². The van der Waals surface area contributed by atoms with Crippen LogP contribution in [0.1, 0.15) is 12.8 Å². The summed E-state index contributed by atoms with van der Waals surface area (Å²) in [5.41, 5.74) is -2.74. The summed E-state index contributed by atoms with van der Waals surface area (Å²) in [7, 11) is 0. The molecule has 0 saturated heterocycles. The van der Waals surface area contributed by atoms with Gasteiger partial charge in [-0.25, -0.2) is 4.79 Å². The van der Waals surface area contributed by atoms with Crippen molar-refractivity contribution in [2.75, 3.05) is 0 Å². The molecule has 0 fully saturated rings. The molecule has 0 aromatic carbocycles. The zero-order valence-corrected chi connectivity index (χ0v) is 18.8. The third-order valence-corrected chi connectivity index (χ3v) is 1.29. The fourth-order valence-corrected chi connectivity index (χ4v) is 0.714. The molecule has 0 aliphatic carbocycles. The van der Waals surface area contributed by atoms with Gasteiger partial charge in [0.25, 0.3) is 0 Å². The van der Waals surface area contributed by atoms with Gasteiger partial charge in [0, 0.05) is 0 Å². The Hall–Kier alpha value is 0.214. The molecule has 0 aliphatic rings. The van der Waals surface area contributed by atoms with Gasteiger partial charge in [0.2, 0.25) is 0 Å². The number of carboxylic acid groups (broad SMARTS) is 3. The Morgan fingerprint density at radius 1 is 0.867 bits per heavy atom. The predicted octanol–water partition coefficient (Wildman–Crippen LogP) is -3.08. The van der Waals surface area contributed by atoms with Gasteiger partial charge in [0.1, 0.15) is 0 Å². The Bertz CT molecular complexity index is 236. The molecule has 0 spiro atoms. The molecule has 86 valence electrons. The molecule has 0 bridgehead atoms. The van der Waals surface area contributed by atoms with Gasteiger partial charge in [-0.2, -0.15) is 0 Å². The second-order valence-corrected chi connectivity index (χ2v) is 2.48. The van der Waals surface area contributed by atoms with Crippen LogP contribution in [-0.2, 0) is 14.4 Å². The van der Waals surface area contributed by atoms with E-state index < -0.39 is 36.4 Å². The monoisotopic (exact) mass is 612 g/mol. The Balaban J connectivity index is -0.000000720. The first-order valence-corrected chi connectivity index (χ1v) is 3.17. The number of rotatable bonds is 5. The van der Waals surface area contributed by atoms with Crippen LogP contribution in [0.2, 0.25) is 0 Å². The Kier molecular flexibility index (Phi) is 11.5. The topological polar surface area (TPSA) is 132 Å². The fraction of sp³-hybridized carbons (Fsp3) is 0.500. The van der Waals surface area contributed by atoms with Crippen LogP contribution in [-0.4, -0.2) is 98.5 Å². The van der Waals surface area contributed by atoms with Gasteiger partial charge in [-0.05, 0) is 0 Å². The van der Waals surface area contributed by atoms with Crippen molar-refractivity contribution >= 4 is 72.5 Å². The van der Waals surface area contributed by atoms with Gasteiger partial charge >= 0.3 is 72.5 Å². The number of aliphatic carboxylic acids is 3. The number of aliphatic hydroxyl groups is 1. The third kappa shape index (κ3) is 8.07. The molecular formula is C6H12O7Pb2. The summed E-state index contributed by atoms with van der Waals surface area (Å²) in [5, 5.41) is 33.8. The van der Waals surface area contributed by atoms with Crippen molar-refractivity contribution < 1.29 is 34.8 Å². The number of carboxylic acids is 3. The predicted molar refractivity (Wildman–Crippen MR) is 54.2 cm³/mol. The summed E-state index contributed by atoms with van der Waals surface area (Å²) in [6, 6.07) is 0. The first-order valence-electron chi connectivity index (χ1n) is 3.17. The van der Waals surface area contributed by atoms with Crippen molar-refractivity contribution in [3.8, 4) is 0 Å². The second-order valence-electron chi connectivity index (χ2n) is 2.48. The molecule has 9 heteroatoms. The summed E-state index contributed by atoms with van der Waals surface area (Å²) in [6.07, 6.45) is -2.29. The first kappa shape index (κ1) is 20.6. The van der Waals surface area contributed by atoms with E-state index in [-0.39, 0.29) is 54.6 Å². The minimum atomic E-state index is -2.74. The summed E-state index contributed by atoms with van der Waals surface area (Å²) < 4.78 is 0. The van der Waals surface area contributed by atoms with Crippen LogP contribution in [0.5, 0.6) is 0 Å². The van der Waals surface area contributed by atoms with Gasteiger partial charge in [0.05, 0.1) is 12.8 Å². The molecule has 0 rings (SSSR count). The average Bonchev–Trinajstić information content (AvgIpc) is 1.82. The molecular weight excluding hydrogens is 598 g/mol. The number of carbonyl (C=O) groups is 3. The summed E-state index contributed by atoms with van der Waals surface area (Å²) in [4.78, 5) is 30.5. The quantitative estimate of drug-likeness (QED) is 0.243. The molecule has 0 aromatic heterocycles. The molecule has 0 saturated carbocycles. The number of hydrogen-bond donors (Lipinski definition) is 4. The summed E-state index contributed by atoms with van der Waals surface area (Å²) in [5.74, 6) is -5.02. The zero-order chi connectivity index (χ0) is 10.6. The minimum absolute atomic E-state index is 0. The fourth-order valence-electron chi connectivity index (χ4n) is 0.714. The molecule has 7 nitrogen and oxygen atoms in total. The van der Waals surface area contributed by atoms with E-state index in [1.165, 1.54) is 0 Å². The van der Waals surface area contributed by atoms with E-state index in [9.17, 15) is 14.4 Å². The van der Waals surface area contributed by atoms with Crippen LogP contribution in [0.15, 0.2) is 0 Å². The third-order valence-electron chi connectivity index (χ3n) is 1.29. The van der Waals surface area contributed by atoms with Crippen molar-refractivity contribution in [3.05, 3.63) is 0 Å². The van der Waals surface area contributed by atoms with E-state index in [1.54, 1.807) is 0 Å². The average molecular weight is 611 g/mol. The van der Waals surface area contributed by atoms with Crippen molar-refractivity contribution in [1.82, 2.24) is 0 Å². The van der Waals surface area contributed by atoms with Crippen molar-refractivity contribution in [2.45, 2.75) is 18.4 Å². The standard InChI is InChI=1S/C6H8O7.2Pb.4H/c7-3(8)1-6(13,5(11)12)2-4(9)10;;;;;;/h13H,1-2H2,(H,7,8)(H,9,10)(H,11,12);;;;;;. The molecule has 4 N–H and O–H groups in total. The number of hydrogen-bond acceptors (Lipinski definition) is 4. The molecule has 0 amide bonds. The van der Waals surface area contributed by atoms with Crippen molar-refractivity contribution in [1.29, 1.82) is 0 Å². The molecule has 0 unspecified atom stereocenters. The van der Waals surface area contributed by atoms with E-state index >= 15 is 0 Å². The molecule has 4 radical (unpaired) electrons. The molecule has 0 aromatic rings. The van der Waals surface area contributed by atoms with Crippen LogP contribution >= 0.6 is 0 Å². The Morgan fingerprint density at radius 3 is 1.27 bits per heavy atom. The molecule has 0 aliphatic heterocycles. The van der Waals surface area contributed by atoms with Crippen molar-refractivity contribution in [3.63, 3.8) is 0 Å². The van der Waals surface area contributed by atoms with Crippen LogP contribution in [0.3, 0.4) is 0 Å². The van der Waals surface area contributed by atoms with Crippen LogP contribution in [0, 0.1) is 0 Å². The molecule has 0 heterocycles. The van der Waals surface area contributed by atoms with Crippen molar-refractivity contribution in [2.24, 2.45) is 0 Å². The second kappa shape index (κ2) is 8.38. The molecule has 15 heavy (non-hydrogen) atoms. The maximum absolute atomic E-state index is 10.3. The van der Waals surface area contributed by atoms with Crippen LogP contribution < -0.4 is 0 Å². The first-order chi connectivity index (χ1) is 5.78. The van der Waals surface area contributed by atoms with Crippen LogP contribution in [0.25, 0.3) is 0 Å². The van der Waals surface area contributed by atoms with Gasteiger partial charge < -0.3 is 20.4 Å². The SMILES string of the molecule is O=C(O)CC(O)(CC(=O)O)C(=O)O.[PbH2].[PbH2]. The van der Waals surface area contributed by atoms with E-state index in [0.717, 1.165) is 0 Å². The van der Waals surface area contributed by atoms with Gasteiger partial charge in [0.15, 0.2) is 5.60 Å². The van der Waals surface area contributed by atoms with E-state index in [4.69, 9.17) is 20.4 Å². The normalized spacial score (nSPS) is 9.40. The summed E-state index contributed by atoms with van der Waals surface area (Å²) in [6.45, 7) is 0. The van der Waals surface area contributed by atoms with E-state index in [2.05, 4.69) is 0 Å². The van der Waals surface area contributed by atoms with E-state index in [0.29, 0.717) is 0 Å². The Morgan fingerprint density at radius 2 is 1.13 bits per heavy atom.